The Hall–Kier alpha value is -1.17. The molecule has 0 radical (unpaired) electrons. The topological polar surface area (TPSA) is 57.2 Å². The van der Waals surface area contributed by atoms with Crippen molar-refractivity contribution in [1.29, 1.82) is 0 Å². The van der Waals surface area contributed by atoms with Crippen LogP contribution in [0, 0.1) is 24.1 Å². The number of hydrogen-bond donors (Lipinski definition) is 0. The first-order chi connectivity index (χ1) is 8.61. The van der Waals surface area contributed by atoms with Gasteiger partial charge in [-0.2, -0.15) is 0 Å². The van der Waals surface area contributed by atoms with Crippen LogP contribution in [0.3, 0.4) is 0 Å². The van der Waals surface area contributed by atoms with Gasteiger partial charge in [0.25, 0.3) is 0 Å². The molecular formula is C11H18NO5P. The van der Waals surface area contributed by atoms with Gasteiger partial charge in [0.1, 0.15) is 18.5 Å². The van der Waals surface area contributed by atoms with Gasteiger partial charge in [0.05, 0.1) is 0 Å². The van der Waals surface area contributed by atoms with E-state index in [0.717, 1.165) is 0 Å². The monoisotopic (exact) mass is 275 g/mol. The van der Waals surface area contributed by atoms with E-state index >= 15 is 0 Å². The van der Waals surface area contributed by atoms with Gasteiger partial charge >= 0.3 is 7.60 Å². The van der Waals surface area contributed by atoms with E-state index in [2.05, 4.69) is 24.1 Å². The van der Waals surface area contributed by atoms with E-state index in [-0.39, 0.29) is 19.7 Å². The molecule has 0 bridgehead atoms. The van der Waals surface area contributed by atoms with E-state index < -0.39 is 7.60 Å². The molecule has 7 heteroatoms. The highest BCUT2D eigenvalue weighted by atomic mass is 31.2. The molecule has 102 valence electrons. The molecule has 0 spiro atoms. The maximum absolute atomic E-state index is 12.0. The molecule has 0 N–H and O–H groups in total. The third-order valence-corrected chi connectivity index (χ3v) is 3.63. The zero-order chi connectivity index (χ0) is 13.9. The Labute approximate surface area is 108 Å². The molecule has 0 aliphatic carbocycles. The second-order valence-electron chi connectivity index (χ2n) is 3.04. The van der Waals surface area contributed by atoms with Gasteiger partial charge in [0.2, 0.25) is 0 Å². The Bertz CT molecular complexity index is 358. The molecule has 0 heterocycles. The van der Waals surface area contributed by atoms with Crippen LogP contribution in [-0.4, -0.2) is 38.9 Å². The van der Waals surface area contributed by atoms with E-state index in [1.54, 1.807) is 18.7 Å². The Balaban J connectivity index is 4.45. The first-order valence-electron chi connectivity index (χ1n) is 5.11. The first-order valence-corrected chi connectivity index (χ1v) is 6.84. The molecule has 0 aliphatic heterocycles. The molecule has 0 amide bonds. The summed E-state index contributed by atoms with van der Waals surface area (Å²) in [4.78, 5) is 1.57. The largest absolute Gasteiger partial charge is 0.430 e. The second-order valence-corrected chi connectivity index (χ2v) is 5.27. The van der Waals surface area contributed by atoms with E-state index in [1.807, 2.05) is 0 Å². The van der Waals surface area contributed by atoms with Crippen LogP contribution >= 0.6 is 7.60 Å². The Morgan fingerprint density at radius 1 is 1.00 bits per heavy atom. The van der Waals surface area contributed by atoms with Crippen LogP contribution in [0.1, 0.15) is 13.8 Å². The summed E-state index contributed by atoms with van der Waals surface area (Å²) in [5.74, 6) is 5.16. The second kappa shape index (κ2) is 9.82. The van der Waals surface area contributed by atoms with Crippen molar-refractivity contribution < 1.29 is 23.1 Å². The van der Waals surface area contributed by atoms with Crippen LogP contribution in [0.5, 0.6) is 0 Å². The number of nitrogens with zero attached hydrogens (tertiary/aromatic N) is 1. The van der Waals surface area contributed by atoms with Crippen LogP contribution < -0.4 is 0 Å². The highest BCUT2D eigenvalue weighted by Crippen LogP contribution is 2.46. The molecular weight excluding hydrogens is 257 g/mol. The normalized spacial score (nSPS) is 10.1. The van der Waals surface area contributed by atoms with E-state index in [1.165, 1.54) is 14.2 Å². The van der Waals surface area contributed by atoms with E-state index in [0.29, 0.717) is 0 Å². The summed E-state index contributed by atoms with van der Waals surface area (Å²) in [6, 6.07) is 0. The molecule has 6 nitrogen and oxygen atoms in total. The zero-order valence-electron chi connectivity index (χ0n) is 11.1. The van der Waals surface area contributed by atoms with Crippen LogP contribution in [0.15, 0.2) is 0 Å². The Kier molecular flexibility index (Phi) is 9.18. The van der Waals surface area contributed by atoms with Crippen LogP contribution in [-0.2, 0) is 23.1 Å². The van der Waals surface area contributed by atoms with Crippen molar-refractivity contribution in [3.8, 4) is 24.1 Å². The van der Waals surface area contributed by atoms with Crippen LogP contribution in [0.2, 0.25) is 0 Å². The lowest BCUT2D eigenvalue weighted by Gasteiger charge is -2.22. The Morgan fingerprint density at radius 2 is 1.44 bits per heavy atom. The summed E-state index contributed by atoms with van der Waals surface area (Å²) in [5, 5.41) is 0. The van der Waals surface area contributed by atoms with Crippen molar-refractivity contribution in [3.05, 3.63) is 0 Å². The summed E-state index contributed by atoms with van der Waals surface area (Å²) in [7, 11) is -0.522. The smallest absolute Gasteiger partial charge is 0.344 e. The fourth-order valence-corrected chi connectivity index (χ4v) is 1.98. The lowest BCUT2D eigenvalue weighted by molar-refractivity contribution is 0.0362. The molecule has 0 saturated carbocycles. The summed E-state index contributed by atoms with van der Waals surface area (Å²) in [6.07, 6.45) is 4.90. The quantitative estimate of drug-likeness (QED) is 0.381. The average Bonchev–Trinajstić information content (AvgIpc) is 2.39. The highest BCUT2D eigenvalue weighted by Gasteiger charge is 2.25. The maximum atomic E-state index is 12.0. The molecule has 0 atom stereocenters. The average molecular weight is 275 g/mol. The number of ether oxygens (including phenoxy) is 2. The van der Waals surface area contributed by atoms with Crippen molar-refractivity contribution in [3.63, 3.8) is 0 Å². The number of rotatable bonds is 8. The first kappa shape index (κ1) is 16.8. The zero-order valence-corrected chi connectivity index (χ0v) is 12.0. The third kappa shape index (κ3) is 7.21. The van der Waals surface area contributed by atoms with E-state index in [4.69, 9.17) is 18.5 Å². The molecule has 0 unspecified atom stereocenters. The van der Waals surface area contributed by atoms with Crippen LogP contribution in [0.25, 0.3) is 0 Å². The lowest BCUT2D eigenvalue weighted by Crippen LogP contribution is -2.29. The predicted molar refractivity (Wildman–Crippen MR) is 67.1 cm³/mol. The minimum Gasteiger partial charge on any atom is -0.430 e. The highest BCUT2D eigenvalue weighted by molar-refractivity contribution is 7.53. The van der Waals surface area contributed by atoms with Crippen molar-refractivity contribution in [2.45, 2.75) is 13.8 Å². The molecule has 0 aliphatic rings. The maximum Gasteiger partial charge on any atom is 0.344 e. The third-order valence-electron chi connectivity index (χ3n) is 1.77. The van der Waals surface area contributed by atoms with Gasteiger partial charge in [-0.15, -0.1) is 0 Å². The summed E-state index contributed by atoms with van der Waals surface area (Å²) < 4.78 is 31.7. The molecule has 0 aromatic rings. The fraction of sp³-hybridized carbons (Fsp3) is 0.636. The lowest BCUT2D eigenvalue weighted by atomic mass is 10.8. The molecule has 0 fully saturated rings. The summed E-state index contributed by atoms with van der Waals surface area (Å²) in [6.45, 7) is 3.53. The fourth-order valence-electron chi connectivity index (χ4n) is 0.945. The van der Waals surface area contributed by atoms with Crippen molar-refractivity contribution in [2.24, 2.45) is 0 Å². The van der Waals surface area contributed by atoms with Crippen molar-refractivity contribution >= 4 is 7.60 Å². The molecule has 0 saturated heterocycles. The number of hydrogen-bond acceptors (Lipinski definition) is 6. The van der Waals surface area contributed by atoms with Crippen molar-refractivity contribution in [1.82, 2.24) is 4.90 Å². The van der Waals surface area contributed by atoms with Gasteiger partial charge in [-0.3, -0.25) is 4.57 Å². The van der Waals surface area contributed by atoms with Gasteiger partial charge in [-0.05, 0) is 0 Å². The van der Waals surface area contributed by atoms with Gasteiger partial charge in [-0.25, -0.2) is 4.90 Å². The van der Waals surface area contributed by atoms with Gasteiger partial charge in [0, 0.05) is 28.1 Å². The minimum absolute atomic E-state index is 0.0246. The molecule has 0 rings (SSSR count). The van der Waals surface area contributed by atoms with Crippen LogP contribution in [0.4, 0.5) is 0 Å². The van der Waals surface area contributed by atoms with Gasteiger partial charge in [0.15, 0.2) is 13.5 Å². The summed E-state index contributed by atoms with van der Waals surface area (Å²) in [5.41, 5.74) is 0. The minimum atomic E-state index is -3.17. The molecule has 0 aromatic heterocycles. The van der Waals surface area contributed by atoms with E-state index in [9.17, 15) is 4.57 Å². The predicted octanol–water partition coefficient (Wildman–Crippen LogP) is 1.64. The standard InChI is InChI=1S/C11H18NO5P/c1-5-7-16-9-12(10-17-8-6-2)11-18(13,14-3)15-4/h9-11H2,1-4H3. The Morgan fingerprint density at radius 3 is 1.78 bits per heavy atom. The van der Waals surface area contributed by atoms with Gasteiger partial charge < -0.3 is 18.5 Å². The van der Waals surface area contributed by atoms with Gasteiger partial charge in [-0.1, -0.05) is 11.8 Å². The van der Waals surface area contributed by atoms with Crippen molar-refractivity contribution in [2.75, 3.05) is 34.0 Å². The molecule has 18 heavy (non-hydrogen) atoms. The SMILES string of the molecule is CC#COCN(COC#CC)CP(=O)(OC)OC. The molecule has 0 aromatic carbocycles. The summed E-state index contributed by atoms with van der Waals surface area (Å²) >= 11 is 0.